The molecular formula is C36H59N3O4S. The van der Waals surface area contributed by atoms with Crippen LogP contribution in [0.3, 0.4) is 0 Å². The summed E-state index contributed by atoms with van der Waals surface area (Å²) in [5.41, 5.74) is 2.42. The van der Waals surface area contributed by atoms with Crippen LogP contribution in [0, 0.1) is 51.2 Å². The minimum atomic E-state index is -0.643. The molecule has 0 aromatic heterocycles. The molecule has 8 heteroatoms. The van der Waals surface area contributed by atoms with Crippen molar-refractivity contribution in [1.82, 2.24) is 10.6 Å². The van der Waals surface area contributed by atoms with Crippen LogP contribution in [0.1, 0.15) is 112 Å². The number of urea groups is 1. The van der Waals surface area contributed by atoms with Crippen molar-refractivity contribution in [3.63, 3.8) is 0 Å². The molecule has 0 heterocycles. The maximum Gasteiger partial charge on any atom is 0.328 e. The van der Waals surface area contributed by atoms with Crippen molar-refractivity contribution >= 4 is 29.5 Å². The molecular weight excluding hydrogens is 570 g/mol. The van der Waals surface area contributed by atoms with Crippen LogP contribution in [0.4, 0.5) is 4.79 Å². The van der Waals surface area contributed by atoms with Gasteiger partial charge in [0.25, 0.3) is 0 Å². The summed E-state index contributed by atoms with van der Waals surface area (Å²) in [5, 5.41) is 20.2. The fourth-order valence-electron chi connectivity index (χ4n) is 12.4. The first-order valence-electron chi connectivity index (χ1n) is 17.2. The number of allylic oxidation sites excluding steroid dienone is 1. The first-order valence-corrected chi connectivity index (χ1v) is 18.6. The van der Waals surface area contributed by atoms with Gasteiger partial charge in [-0.3, -0.25) is 0 Å². The normalized spacial score (nSPS) is 43.9. The molecule has 0 radical (unpaired) electrons. The largest absolute Gasteiger partial charge is 0.467 e. The fraction of sp³-hybridized carbons (Fsp3) is 0.861. The van der Waals surface area contributed by atoms with E-state index in [9.17, 15) is 14.8 Å². The topological polar surface area (TPSA) is 100 Å². The van der Waals surface area contributed by atoms with Crippen molar-refractivity contribution in [3.8, 4) is 0 Å². The second-order valence-corrected chi connectivity index (χ2v) is 17.6. The SMILES string of the molecule is C=C(C)[C@@H]1CCC2(NC(=O)N[C@H](CCSC)C(=O)OC)CC[C@@]3(C)C(CC[C@@H]4[C@@]5(C)CC/C(=N\O)C(C)(C)C5CC[C@]43C)C12. The monoisotopic (exact) mass is 629 g/mol. The molecule has 5 rings (SSSR count). The highest BCUT2D eigenvalue weighted by atomic mass is 32.2. The number of oxime groups is 1. The molecule has 0 saturated heterocycles. The van der Waals surface area contributed by atoms with Gasteiger partial charge in [-0.1, -0.05) is 51.9 Å². The lowest BCUT2D eigenvalue weighted by Gasteiger charge is -2.72. The van der Waals surface area contributed by atoms with E-state index in [1.54, 1.807) is 11.8 Å². The van der Waals surface area contributed by atoms with Crippen molar-refractivity contribution in [2.75, 3.05) is 19.1 Å². The van der Waals surface area contributed by atoms with E-state index >= 15 is 0 Å². The molecule has 5 fully saturated rings. The number of rotatable bonds is 7. The number of hydrogen-bond acceptors (Lipinski definition) is 6. The maximum absolute atomic E-state index is 13.7. The first-order chi connectivity index (χ1) is 20.6. The molecule has 10 atom stereocenters. The van der Waals surface area contributed by atoms with E-state index in [4.69, 9.17) is 4.74 Å². The third-order valence-electron chi connectivity index (χ3n) is 14.7. The van der Waals surface area contributed by atoms with Crippen LogP contribution < -0.4 is 10.6 Å². The number of esters is 1. The highest BCUT2D eigenvalue weighted by Crippen LogP contribution is 2.76. The van der Waals surface area contributed by atoms with E-state index < -0.39 is 6.04 Å². The van der Waals surface area contributed by atoms with Crippen LogP contribution >= 0.6 is 11.8 Å². The van der Waals surface area contributed by atoms with Gasteiger partial charge in [-0.2, -0.15) is 11.8 Å². The van der Waals surface area contributed by atoms with E-state index in [-0.39, 0.29) is 39.2 Å². The zero-order valence-corrected chi connectivity index (χ0v) is 29.5. The standard InChI is InChI=1S/C36H59N3O4S/c1-22(2)23-12-18-36(38-31(41)37-25(15-21-44-9)30(40)43-8)20-19-34(6)24(29(23)36)10-11-27-33(5)16-14-28(39-42)32(3,4)26(33)13-17-35(27,34)7/h23-27,29,42H,1,10-21H2,2-9H3,(H2,37,38,41)/b39-28+/t23-,24?,25+,26?,27+,29?,33-,34-,35+,36?/m0/s1. The molecule has 0 aromatic rings. The van der Waals surface area contributed by atoms with E-state index in [1.165, 1.54) is 38.4 Å². The van der Waals surface area contributed by atoms with Crippen LogP contribution in [0.25, 0.3) is 0 Å². The van der Waals surface area contributed by atoms with Gasteiger partial charge in [-0.15, -0.1) is 0 Å². The zero-order valence-electron chi connectivity index (χ0n) is 28.7. The Morgan fingerprint density at radius 3 is 2.39 bits per heavy atom. The number of amides is 2. The molecule has 5 saturated carbocycles. The molecule has 7 nitrogen and oxygen atoms in total. The Hall–Kier alpha value is -1.70. The van der Waals surface area contributed by atoms with Gasteiger partial charge in [0.1, 0.15) is 6.04 Å². The summed E-state index contributed by atoms with van der Waals surface area (Å²) in [4.78, 5) is 26.2. The van der Waals surface area contributed by atoms with Gasteiger partial charge in [-0.25, -0.2) is 9.59 Å². The van der Waals surface area contributed by atoms with Gasteiger partial charge in [0.2, 0.25) is 0 Å². The minimum Gasteiger partial charge on any atom is -0.467 e. The van der Waals surface area contributed by atoms with E-state index in [0.717, 1.165) is 50.0 Å². The fourth-order valence-corrected chi connectivity index (χ4v) is 12.9. The van der Waals surface area contributed by atoms with E-state index in [0.29, 0.717) is 36.0 Å². The van der Waals surface area contributed by atoms with Crippen LogP contribution in [-0.2, 0) is 9.53 Å². The summed E-state index contributed by atoms with van der Waals surface area (Å²) in [6.07, 6.45) is 13.4. The Balaban J connectivity index is 1.45. The predicted molar refractivity (Wildman–Crippen MR) is 179 cm³/mol. The molecule has 2 amide bonds. The zero-order chi connectivity index (χ0) is 32.3. The highest BCUT2D eigenvalue weighted by molar-refractivity contribution is 7.98. The van der Waals surface area contributed by atoms with E-state index in [1.807, 2.05) is 6.26 Å². The number of nitrogens with zero attached hydrogens (tertiary/aromatic N) is 1. The Morgan fingerprint density at radius 1 is 1.02 bits per heavy atom. The molecule has 0 aliphatic heterocycles. The van der Waals surface area contributed by atoms with Gasteiger partial charge >= 0.3 is 12.0 Å². The average Bonchev–Trinajstić information content (AvgIpc) is 3.34. The van der Waals surface area contributed by atoms with Crippen molar-refractivity contribution < 1.29 is 19.5 Å². The number of carbonyl (C=O) groups is 2. The third kappa shape index (κ3) is 4.94. The Bertz CT molecular complexity index is 1190. The predicted octanol–water partition coefficient (Wildman–Crippen LogP) is 7.82. The maximum atomic E-state index is 13.7. The van der Waals surface area contributed by atoms with Crippen LogP contribution in [0.15, 0.2) is 17.3 Å². The summed E-state index contributed by atoms with van der Waals surface area (Å²) < 4.78 is 5.03. The van der Waals surface area contributed by atoms with Crippen molar-refractivity contribution in [2.24, 2.45) is 56.4 Å². The number of methoxy groups -OCH3 is 1. The number of carbonyl (C=O) groups excluding carboxylic acids is 2. The van der Waals surface area contributed by atoms with E-state index in [2.05, 4.69) is 63.9 Å². The lowest BCUT2D eigenvalue weighted by Crippen LogP contribution is -2.69. The smallest absolute Gasteiger partial charge is 0.328 e. The summed E-state index contributed by atoms with van der Waals surface area (Å²) in [7, 11) is 1.39. The number of thioether (sulfide) groups is 1. The Morgan fingerprint density at radius 2 is 1.75 bits per heavy atom. The van der Waals surface area contributed by atoms with Gasteiger partial charge < -0.3 is 20.6 Å². The molecule has 4 unspecified atom stereocenters. The molecule has 3 N–H and O–H groups in total. The minimum absolute atomic E-state index is 0.0891. The molecule has 5 aliphatic carbocycles. The van der Waals surface area contributed by atoms with Gasteiger partial charge in [0.05, 0.1) is 12.8 Å². The van der Waals surface area contributed by atoms with Crippen LogP contribution in [0.2, 0.25) is 0 Å². The van der Waals surface area contributed by atoms with Gasteiger partial charge in [0, 0.05) is 11.0 Å². The molecule has 0 bridgehead atoms. The number of ether oxygens (including phenoxy) is 1. The summed E-state index contributed by atoms with van der Waals surface area (Å²) >= 11 is 1.66. The van der Waals surface area contributed by atoms with Crippen LogP contribution in [0.5, 0.6) is 0 Å². The summed E-state index contributed by atoms with van der Waals surface area (Å²) in [6, 6.07) is -0.882. The first kappa shape index (κ1) is 33.7. The molecule has 44 heavy (non-hydrogen) atoms. The summed E-state index contributed by atoms with van der Waals surface area (Å²) in [6.45, 7) is 19.1. The molecule has 0 aromatic carbocycles. The third-order valence-corrected chi connectivity index (χ3v) is 15.4. The number of nitrogens with one attached hydrogen (secondary N) is 2. The molecule has 0 spiro atoms. The van der Waals surface area contributed by atoms with Gasteiger partial charge in [0.15, 0.2) is 0 Å². The Kier molecular flexibility index (Phi) is 9.05. The second-order valence-electron chi connectivity index (χ2n) is 16.6. The van der Waals surface area contributed by atoms with Gasteiger partial charge in [-0.05, 0) is 135 Å². The van der Waals surface area contributed by atoms with Crippen molar-refractivity contribution in [3.05, 3.63) is 12.2 Å². The number of fused-ring (bicyclic) bond motifs is 7. The average molecular weight is 630 g/mol. The van der Waals surface area contributed by atoms with Crippen molar-refractivity contribution in [2.45, 2.75) is 124 Å². The number of hydrogen-bond donors (Lipinski definition) is 3. The second kappa shape index (κ2) is 11.8. The molecule has 248 valence electrons. The highest BCUT2D eigenvalue weighted by Gasteiger charge is 2.71. The Labute approximate surface area is 270 Å². The van der Waals surface area contributed by atoms with Crippen molar-refractivity contribution in [1.29, 1.82) is 0 Å². The lowest BCUT2D eigenvalue weighted by atomic mass is 9.32. The van der Waals surface area contributed by atoms with Crippen LogP contribution in [-0.4, -0.2) is 53.6 Å². The summed E-state index contributed by atoms with van der Waals surface area (Å²) in [5.74, 6) is 2.76. The quantitative estimate of drug-likeness (QED) is 0.115. The molecule has 5 aliphatic rings. The lowest BCUT2D eigenvalue weighted by molar-refractivity contribution is -0.221.